The summed E-state index contributed by atoms with van der Waals surface area (Å²) in [6.07, 6.45) is 1.43. The maximum Gasteiger partial charge on any atom is 0.387 e. The minimum atomic E-state index is -2.97. The second-order valence-electron chi connectivity index (χ2n) is 4.38. The molecule has 1 heterocycles. The maximum atomic E-state index is 12.4. The van der Waals surface area contributed by atoms with Crippen molar-refractivity contribution >= 4 is 21.8 Å². The Kier molecular flexibility index (Phi) is 5.31. The van der Waals surface area contributed by atoms with Gasteiger partial charge in [0.05, 0.1) is 5.56 Å². The summed E-state index contributed by atoms with van der Waals surface area (Å²) in [6, 6.07) is 4.41. The van der Waals surface area contributed by atoms with Gasteiger partial charge in [0.2, 0.25) is 0 Å². The lowest BCUT2D eigenvalue weighted by Gasteiger charge is -2.23. The molecule has 1 amide bonds. The molecule has 0 aliphatic carbocycles. The van der Waals surface area contributed by atoms with Crippen LogP contribution in [0.5, 0.6) is 5.75 Å². The lowest BCUT2D eigenvalue weighted by Crippen LogP contribution is -2.39. The average Bonchev–Trinajstić information content (AvgIpc) is 2.39. The van der Waals surface area contributed by atoms with Gasteiger partial charge in [-0.3, -0.25) is 4.79 Å². The van der Waals surface area contributed by atoms with E-state index in [2.05, 4.69) is 26.0 Å². The number of benzene rings is 1. The molecule has 0 saturated carbocycles. The summed E-state index contributed by atoms with van der Waals surface area (Å²) in [5.41, 5.74) is 0.0972. The van der Waals surface area contributed by atoms with Crippen molar-refractivity contribution in [3.05, 3.63) is 28.2 Å². The highest BCUT2D eigenvalue weighted by atomic mass is 79.9. The fraction of sp³-hybridized carbons (Fsp3) is 0.462. The smallest absolute Gasteiger partial charge is 0.387 e. The molecule has 1 aliphatic rings. The van der Waals surface area contributed by atoms with Crippen LogP contribution in [0.2, 0.25) is 0 Å². The van der Waals surface area contributed by atoms with Crippen molar-refractivity contribution in [3.63, 3.8) is 0 Å². The zero-order valence-corrected chi connectivity index (χ0v) is 12.2. The lowest BCUT2D eigenvalue weighted by atomic mass is 10.1. The summed E-state index contributed by atoms with van der Waals surface area (Å²) < 4.78 is 34.9. The Bertz CT molecular complexity index is 479. The standard InChI is InChI=1S/C13H14BrF2NO3/c14-8-1-2-10(11(7-8)20-13(15)16)12(18)17-9-3-5-19-6-4-9/h1-2,7,9,13H,3-6H2,(H,17,18). The van der Waals surface area contributed by atoms with E-state index in [1.165, 1.54) is 12.1 Å². The third kappa shape index (κ3) is 4.14. The fourth-order valence-electron chi connectivity index (χ4n) is 1.98. The van der Waals surface area contributed by atoms with Gasteiger partial charge in [-0.05, 0) is 31.0 Å². The van der Waals surface area contributed by atoms with Crippen LogP contribution in [0.1, 0.15) is 23.2 Å². The van der Waals surface area contributed by atoms with Gasteiger partial charge >= 0.3 is 6.61 Å². The van der Waals surface area contributed by atoms with Crippen molar-refractivity contribution in [2.45, 2.75) is 25.5 Å². The SMILES string of the molecule is O=C(NC1CCOCC1)c1ccc(Br)cc1OC(F)F. The Labute approximate surface area is 123 Å². The van der Waals surface area contributed by atoms with Crippen LogP contribution in [0.25, 0.3) is 0 Å². The summed E-state index contributed by atoms with van der Waals surface area (Å²) in [4.78, 5) is 12.1. The van der Waals surface area contributed by atoms with Crippen molar-refractivity contribution in [1.82, 2.24) is 5.32 Å². The number of nitrogens with one attached hydrogen (secondary N) is 1. The second-order valence-corrected chi connectivity index (χ2v) is 5.29. The van der Waals surface area contributed by atoms with E-state index in [0.29, 0.717) is 30.5 Å². The van der Waals surface area contributed by atoms with Crippen molar-refractivity contribution in [3.8, 4) is 5.75 Å². The van der Waals surface area contributed by atoms with E-state index in [4.69, 9.17) is 4.74 Å². The van der Waals surface area contributed by atoms with E-state index >= 15 is 0 Å². The van der Waals surface area contributed by atoms with E-state index in [0.717, 1.165) is 0 Å². The number of amides is 1. The van der Waals surface area contributed by atoms with Crippen LogP contribution in [0.15, 0.2) is 22.7 Å². The predicted molar refractivity (Wildman–Crippen MR) is 72.1 cm³/mol. The first-order valence-electron chi connectivity index (χ1n) is 6.19. The first kappa shape index (κ1) is 15.2. The predicted octanol–water partition coefficient (Wildman–Crippen LogP) is 2.96. The highest BCUT2D eigenvalue weighted by molar-refractivity contribution is 9.10. The minimum absolute atomic E-state index is 0.000651. The third-order valence-electron chi connectivity index (χ3n) is 2.96. The van der Waals surface area contributed by atoms with Gasteiger partial charge in [-0.25, -0.2) is 0 Å². The van der Waals surface area contributed by atoms with Crippen LogP contribution in [-0.4, -0.2) is 31.8 Å². The van der Waals surface area contributed by atoms with Crippen LogP contribution < -0.4 is 10.1 Å². The number of hydrogen-bond acceptors (Lipinski definition) is 3. The molecule has 2 rings (SSSR count). The van der Waals surface area contributed by atoms with Gasteiger partial charge in [0.25, 0.3) is 5.91 Å². The van der Waals surface area contributed by atoms with Crippen LogP contribution in [0.4, 0.5) is 8.78 Å². The molecular weight excluding hydrogens is 336 g/mol. The molecule has 110 valence electrons. The summed E-state index contributed by atoms with van der Waals surface area (Å²) >= 11 is 3.16. The Morgan fingerprint density at radius 1 is 1.40 bits per heavy atom. The first-order valence-corrected chi connectivity index (χ1v) is 6.98. The quantitative estimate of drug-likeness (QED) is 0.908. The van der Waals surface area contributed by atoms with E-state index in [1.54, 1.807) is 6.07 Å². The number of ether oxygens (including phenoxy) is 2. The van der Waals surface area contributed by atoms with Crippen molar-refractivity contribution in [1.29, 1.82) is 0 Å². The molecule has 4 nitrogen and oxygen atoms in total. The molecule has 20 heavy (non-hydrogen) atoms. The highest BCUT2D eigenvalue weighted by Gasteiger charge is 2.20. The molecule has 1 N–H and O–H groups in total. The number of alkyl halides is 2. The molecule has 0 unspecified atom stereocenters. The van der Waals surface area contributed by atoms with Gasteiger partial charge in [0.1, 0.15) is 5.75 Å². The fourth-order valence-corrected chi connectivity index (χ4v) is 2.32. The van der Waals surface area contributed by atoms with Gasteiger partial charge in [-0.2, -0.15) is 8.78 Å². The number of hydrogen-bond donors (Lipinski definition) is 1. The minimum Gasteiger partial charge on any atom is -0.434 e. The Hall–Kier alpha value is -1.21. The van der Waals surface area contributed by atoms with E-state index < -0.39 is 12.5 Å². The molecular formula is C13H14BrF2NO3. The molecule has 1 aromatic rings. The molecule has 1 saturated heterocycles. The van der Waals surface area contributed by atoms with Crippen LogP contribution in [0, 0.1) is 0 Å². The van der Waals surface area contributed by atoms with Crippen molar-refractivity contribution < 1.29 is 23.0 Å². The summed E-state index contributed by atoms with van der Waals surface area (Å²) in [5, 5.41) is 2.81. The van der Waals surface area contributed by atoms with Crippen LogP contribution in [-0.2, 0) is 4.74 Å². The highest BCUT2D eigenvalue weighted by Crippen LogP contribution is 2.25. The monoisotopic (exact) mass is 349 g/mol. The van der Waals surface area contributed by atoms with E-state index in [9.17, 15) is 13.6 Å². The molecule has 0 aromatic heterocycles. The average molecular weight is 350 g/mol. The largest absolute Gasteiger partial charge is 0.434 e. The Morgan fingerprint density at radius 3 is 2.75 bits per heavy atom. The summed E-state index contributed by atoms with van der Waals surface area (Å²) in [7, 11) is 0. The van der Waals surface area contributed by atoms with Crippen LogP contribution in [0.3, 0.4) is 0 Å². The normalized spacial score (nSPS) is 16.2. The van der Waals surface area contributed by atoms with Crippen LogP contribution >= 0.6 is 15.9 Å². The Morgan fingerprint density at radius 2 is 2.10 bits per heavy atom. The van der Waals surface area contributed by atoms with Gasteiger partial charge in [-0.15, -0.1) is 0 Å². The van der Waals surface area contributed by atoms with Gasteiger partial charge < -0.3 is 14.8 Å². The van der Waals surface area contributed by atoms with Crippen molar-refractivity contribution in [2.75, 3.05) is 13.2 Å². The zero-order valence-electron chi connectivity index (χ0n) is 10.6. The van der Waals surface area contributed by atoms with E-state index in [-0.39, 0.29) is 17.4 Å². The topological polar surface area (TPSA) is 47.6 Å². The molecule has 0 atom stereocenters. The molecule has 7 heteroatoms. The number of halogens is 3. The molecule has 0 radical (unpaired) electrons. The van der Waals surface area contributed by atoms with Gasteiger partial charge in [-0.1, -0.05) is 15.9 Å². The summed E-state index contributed by atoms with van der Waals surface area (Å²) in [5.74, 6) is -0.556. The van der Waals surface area contributed by atoms with Gasteiger partial charge in [0, 0.05) is 23.7 Å². The first-order chi connectivity index (χ1) is 9.56. The number of carbonyl (C=O) groups is 1. The number of rotatable bonds is 4. The summed E-state index contributed by atoms with van der Waals surface area (Å²) in [6.45, 7) is -1.80. The third-order valence-corrected chi connectivity index (χ3v) is 3.45. The molecule has 1 aromatic carbocycles. The Balaban J connectivity index is 2.11. The molecule has 0 bridgehead atoms. The number of carbonyl (C=O) groups excluding carboxylic acids is 1. The van der Waals surface area contributed by atoms with E-state index in [1.807, 2.05) is 0 Å². The second kappa shape index (κ2) is 6.99. The zero-order chi connectivity index (χ0) is 14.5. The molecule has 1 aliphatic heterocycles. The molecule has 0 spiro atoms. The lowest BCUT2D eigenvalue weighted by molar-refractivity contribution is -0.0502. The maximum absolute atomic E-state index is 12.4. The molecule has 1 fully saturated rings. The van der Waals surface area contributed by atoms with Crippen molar-refractivity contribution in [2.24, 2.45) is 0 Å². The van der Waals surface area contributed by atoms with Gasteiger partial charge in [0.15, 0.2) is 0 Å².